The Morgan fingerprint density at radius 1 is 1.47 bits per heavy atom. The molecule has 0 aromatic heterocycles. The van der Waals surface area contributed by atoms with E-state index in [2.05, 4.69) is 25.7 Å². The number of hydrogen-bond donors (Lipinski definition) is 2. The van der Waals surface area contributed by atoms with Crippen LogP contribution in [0.3, 0.4) is 0 Å². The van der Waals surface area contributed by atoms with Crippen molar-refractivity contribution in [3.05, 3.63) is 65.0 Å². The van der Waals surface area contributed by atoms with Crippen LogP contribution in [0.15, 0.2) is 59.9 Å². The number of halogens is 3. The summed E-state index contributed by atoms with van der Waals surface area (Å²) in [5.74, 6) is -1.02. The van der Waals surface area contributed by atoms with Gasteiger partial charge in [0.05, 0.1) is 12.6 Å². The van der Waals surface area contributed by atoms with Crippen molar-refractivity contribution in [2.24, 2.45) is 11.8 Å². The predicted octanol–water partition coefficient (Wildman–Crippen LogP) is 5.54. The molecule has 2 N–H and O–H groups in total. The number of benzene rings is 1. The summed E-state index contributed by atoms with van der Waals surface area (Å²) >= 11 is 11.7. The van der Waals surface area contributed by atoms with Gasteiger partial charge in [0.2, 0.25) is 5.91 Å². The monoisotopic (exact) mass is 454 g/mol. The summed E-state index contributed by atoms with van der Waals surface area (Å²) in [6, 6.07) is 5.79. The lowest BCUT2D eigenvalue weighted by atomic mass is 9.96. The van der Waals surface area contributed by atoms with Crippen molar-refractivity contribution in [1.29, 1.82) is 0 Å². The predicted molar refractivity (Wildman–Crippen MR) is 122 cm³/mol. The lowest BCUT2D eigenvalue weighted by Gasteiger charge is -2.30. The van der Waals surface area contributed by atoms with E-state index in [0.717, 1.165) is 6.42 Å². The normalized spacial score (nSPS) is 22.8. The van der Waals surface area contributed by atoms with Gasteiger partial charge in [-0.15, -0.1) is 0 Å². The highest BCUT2D eigenvalue weighted by Crippen LogP contribution is 2.37. The zero-order valence-electron chi connectivity index (χ0n) is 17.3. The highest BCUT2D eigenvalue weighted by molar-refractivity contribution is 6.31. The smallest absolute Gasteiger partial charge is 0.242 e. The number of rotatable bonds is 9. The van der Waals surface area contributed by atoms with Gasteiger partial charge in [-0.05, 0) is 55.7 Å². The third kappa shape index (κ3) is 6.95. The maximum absolute atomic E-state index is 15.1. The maximum atomic E-state index is 15.1. The number of nitrogens with zero attached hydrogens (tertiary/aromatic N) is 1. The van der Waals surface area contributed by atoms with Gasteiger partial charge in [-0.1, -0.05) is 55.8 Å². The molecule has 4 nitrogen and oxygen atoms in total. The van der Waals surface area contributed by atoms with Crippen molar-refractivity contribution < 1.29 is 14.3 Å². The first-order chi connectivity index (χ1) is 14.2. The summed E-state index contributed by atoms with van der Waals surface area (Å²) < 4.78 is 15.1. The van der Waals surface area contributed by atoms with E-state index in [9.17, 15) is 9.90 Å². The molecular weight excluding hydrogens is 426 g/mol. The van der Waals surface area contributed by atoms with E-state index in [1.54, 1.807) is 24.3 Å². The number of aliphatic hydroxyl groups is 1. The Kier molecular flexibility index (Phi) is 9.56. The lowest BCUT2D eigenvalue weighted by molar-refractivity contribution is -0.122. The number of amides is 1. The van der Waals surface area contributed by atoms with Crippen molar-refractivity contribution in [3.8, 4) is 0 Å². The number of nitrogens with one attached hydrogen (secondary N) is 1. The number of carbonyl (C=O) groups is 1. The molecule has 1 aliphatic heterocycles. The molecule has 0 saturated carbocycles. The third-order valence-corrected chi connectivity index (χ3v) is 5.52. The Labute approximate surface area is 188 Å². The molecule has 164 valence electrons. The molecule has 1 fully saturated rings. The first-order valence-corrected chi connectivity index (χ1v) is 10.8. The van der Waals surface area contributed by atoms with Crippen molar-refractivity contribution in [2.75, 3.05) is 18.5 Å². The van der Waals surface area contributed by atoms with Crippen molar-refractivity contribution in [1.82, 2.24) is 4.90 Å². The van der Waals surface area contributed by atoms with Gasteiger partial charge in [0, 0.05) is 27.7 Å². The van der Waals surface area contributed by atoms with Crippen LogP contribution in [0.5, 0.6) is 0 Å². The Bertz CT molecular complexity index is 810. The van der Waals surface area contributed by atoms with Gasteiger partial charge in [-0.25, -0.2) is 4.39 Å². The van der Waals surface area contributed by atoms with E-state index >= 15 is 4.39 Å². The molecule has 0 bridgehead atoms. The number of likely N-dealkylation sites (tertiary alicyclic amines) is 1. The summed E-state index contributed by atoms with van der Waals surface area (Å²) in [5.41, 5.74) is 0.547. The van der Waals surface area contributed by atoms with E-state index < -0.39 is 17.8 Å². The summed E-state index contributed by atoms with van der Waals surface area (Å²) in [6.07, 6.45) is 5.44. The molecule has 0 spiro atoms. The fourth-order valence-corrected chi connectivity index (χ4v) is 3.93. The number of aliphatic hydroxyl groups excluding tert-OH is 1. The zero-order valence-corrected chi connectivity index (χ0v) is 18.8. The van der Waals surface area contributed by atoms with Gasteiger partial charge in [-0.3, -0.25) is 9.69 Å². The molecule has 1 heterocycles. The van der Waals surface area contributed by atoms with Gasteiger partial charge in [0.15, 0.2) is 0 Å². The van der Waals surface area contributed by atoms with E-state index in [1.165, 1.54) is 18.2 Å². The maximum Gasteiger partial charge on any atom is 0.242 e. The molecule has 30 heavy (non-hydrogen) atoms. The van der Waals surface area contributed by atoms with Crippen LogP contribution in [-0.4, -0.2) is 41.1 Å². The number of anilines is 1. The molecular formula is C23H29Cl2FN2O2. The topological polar surface area (TPSA) is 52.6 Å². The number of hydrogen-bond acceptors (Lipinski definition) is 3. The molecule has 2 rings (SSSR count). The second-order valence-corrected chi connectivity index (χ2v) is 8.82. The van der Waals surface area contributed by atoms with E-state index in [0.29, 0.717) is 29.6 Å². The van der Waals surface area contributed by atoms with Gasteiger partial charge in [0.1, 0.15) is 5.83 Å². The number of carbonyl (C=O) groups excluding carboxylic acids is 1. The van der Waals surface area contributed by atoms with Gasteiger partial charge >= 0.3 is 0 Å². The summed E-state index contributed by atoms with van der Waals surface area (Å²) in [5, 5.41) is 13.5. The fraction of sp³-hybridized carbons (Fsp3) is 0.435. The van der Waals surface area contributed by atoms with Gasteiger partial charge in [-0.2, -0.15) is 0 Å². The van der Waals surface area contributed by atoms with Crippen molar-refractivity contribution in [3.63, 3.8) is 0 Å². The minimum atomic E-state index is -0.747. The Morgan fingerprint density at radius 2 is 2.20 bits per heavy atom. The molecule has 1 aromatic rings. The van der Waals surface area contributed by atoms with E-state index in [4.69, 9.17) is 23.2 Å². The van der Waals surface area contributed by atoms with Crippen LogP contribution in [0.2, 0.25) is 5.02 Å². The van der Waals surface area contributed by atoms with Crippen LogP contribution in [0.1, 0.15) is 26.7 Å². The van der Waals surface area contributed by atoms with Crippen LogP contribution in [0.25, 0.3) is 0 Å². The van der Waals surface area contributed by atoms with Crippen LogP contribution in [-0.2, 0) is 4.79 Å². The first kappa shape index (κ1) is 24.6. The average Bonchev–Trinajstić information content (AvgIpc) is 3.04. The standard InChI is InChI=1S/C23H29Cl2FN2O2/c1-15(2)10-11-28-19(14-29)13-20(21(26)9-4-6-16(3)24)22(28)23(30)27-18-8-5-7-17(25)12-18/h4-9,12,15,19-20,22,29H,3,10-11,13-14H2,1-2H3,(H,27,30)/b6-4-,21-9-/t19-,20?,22?/m1/s1. The van der Waals surface area contributed by atoms with Crippen LogP contribution in [0.4, 0.5) is 10.1 Å². The molecule has 1 aromatic carbocycles. The van der Waals surface area contributed by atoms with Crippen LogP contribution < -0.4 is 5.32 Å². The second-order valence-electron chi connectivity index (χ2n) is 7.90. The molecule has 0 aliphatic carbocycles. The minimum absolute atomic E-state index is 0.142. The average molecular weight is 455 g/mol. The van der Waals surface area contributed by atoms with Crippen molar-refractivity contribution in [2.45, 2.75) is 38.8 Å². The minimum Gasteiger partial charge on any atom is -0.395 e. The van der Waals surface area contributed by atoms with Crippen LogP contribution >= 0.6 is 23.2 Å². The molecule has 1 saturated heterocycles. The highest BCUT2D eigenvalue weighted by Gasteiger charge is 2.46. The molecule has 1 aliphatic rings. The Balaban J connectivity index is 2.33. The molecule has 1 amide bonds. The summed E-state index contributed by atoms with van der Waals surface area (Å²) in [6.45, 7) is 8.17. The second kappa shape index (κ2) is 11.7. The van der Waals surface area contributed by atoms with E-state index in [1.807, 2.05) is 4.90 Å². The van der Waals surface area contributed by atoms with Crippen molar-refractivity contribution >= 4 is 34.8 Å². The van der Waals surface area contributed by atoms with E-state index in [-0.39, 0.29) is 23.6 Å². The molecule has 3 atom stereocenters. The van der Waals surface area contributed by atoms with Crippen LogP contribution in [0, 0.1) is 11.8 Å². The van der Waals surface area contributed by atoms with Gasteiger partial charge in [0.25, 0.3) is 0 Å². The highest BCUT2D eigenvalue weighted by atomic mass is 35.5. The quantitative estimate of drug-likeness (QED) is 0.481. The zero-order chi connectivity index (χ0) is 22.3. The fourth-order valence-electron chi connectivity index (χ4n) is 3.67. The Hall–Kier alpha value is -1.66. The summed E-state index contributed by atoms with van der Waals surface area (Å²) in [7, 11) is 0. The lowest BCUT2D eigenvalue weighted by Crippen LogP contribution is -2.47. The van der Waals surface area contributed by atoms with Gasteiger partial charge < -0.3 is 10.4 Å². The summed E-state index contributed by atoms with van der Waals surface area (Å²) in [4.78, 5) is 15.1. The molecule has 2 unspecified atom stereocenters. The Morgan fingerprint density at radius 3 is 2.80 bits per heavy atom. The molecule has 7 heteroatoms. The third-order valence-electron chi connectivity index (χ3n) is 5.16. The number of allylic oxidation sites excluding steroid dienone is 4. The first-order valence-electron chi connectivity index (χ1n) is 10.0. The largest absolute Gasteiger partial charge is 0.395 e. The SMILES string of the molecule is C=C(Cl)/C=C\C=C(/F)C1C[C@H](CO)N(CCC(C)C)C1C(=O)Nc1cccc(Cl)c1. The molecule has 0 radical (unpaired) electrons.